The second kappa shape index (κ2) is 6.09. The molecule has 0 amide bonds. The van der Waals surface area contributed by atoms with E-state index in [1.165, 1.54) is 0 Å². The Labute approximate surface area is 102 Å². The van der Waals surface area contributed by atoms with E-state index in [4.69, 9.17) is 0 Å². The zero-order valence-electron chi connectivity index (χ0n) is 11.8. The Kier molecular flexibility index (Phi) is 5.79. The van der Waals surface area contributed by atoms with E-state index in [1.54, 1.807) is 0 Å². The Balaban J connectivity index is 4.44. The molecule has 16 heavy (non-hydrogen) atoms. The van der Waals surface area contributed by atoms with Crippen LogP contribution in [-0.2, 0) is 0 Å². The molecule has 1 nitrogen and oxygen atoms in total. The Morgan fingerprint density at radius 2 is 1.81 bits per heavy atom. The maximum Gasteiger partial charge on any atom is 0.0661 e. The summed E-state index contributed by atoms with van der Waals surface area (Å²) in [5.41, 5.74) is 0.356. The highest BCUT2D eigenvalue weighted by atomic mass is 14.4. The lowest BCUT2D eigenvalue weighted by Gasteiger charge is -2.30. The maximum absolute atomic E-state index is 9.25. The smallest absolute Gasteiger partial charge is 0.0661 e. The highest BCUT2D eigenvalue weighted by Gasteiger charge is 2.29. The molecule has 0 N–H and O–H groups in total. The zero-order chi connectivity index (χ0) is 12.8. The van der Waals surface area contributed by atoms with Crippen LogP contribution in [0.3, 0.4) is 0 Å². The average Bonchev–Trinajstić information content (AvgIpc) is 2.18. The summed E-state index contributed by atoms with van der Waals surface area (Å²) in [5.74, 6) is 0.169. The Bertz CT molecular complexity index is 266. The van der Waals surface area contributed by atoms with Gasteiger partial charge in [-0.2, -0.15) is 5.26 Å². The molecule has 0 aromatic rings. The van der Waals surface area contributed by atoms with E-state index in [-0.39, 0.29) is 16.7 Å². The van der Waals surface area contributed by atoms with E-state index in [2.05, 4.69) is 59.8 Å². The number of rotatable bonds is 6. The first-order chi connectivity index (χ1) is 7.29. The predicted octanol–water partition coefficient (Wildman–Crippen LogP) is 4.94. The molecule has 1 unspecified atom stereocenters. The molecule has 0 radical (unpaired) electrons. The van der Waals surface area contributed by atoms with Crippen molar-refractivity contribution in [2.75, 3.05) is 0 Å². The topological polar surface area (TPSA) is 23.8 Å². The van der Waals surface area contributed by atoms with Gasteiger partial charge in [-0.1, -0.05) is 46.8 Å². The number of hydrogen-bond donors (Lipinski definition) is 0. The van der Waals surface area contributed by atoms with Crippen LogP contribution in [0, 0.1) is 28.1 Å². The Hall–Kier alpha value is -0.770. The summed E-state index contributed by atoms with van der Waals surface area (Å²) in [4.78, 5) is 0. The van der Waals surface area contributed by atoms with Gasteiger partial charge in [-0.3, -0.25) is 0 Å². The molecule has 92 valence electrons. The molecule has 1 heteroatoms. The molecule has 0 bridgehead atoms. The van der Waals surface area contributed by atoms with Gasteiger partial charge in [0.2, 0.25) is 0 Å². The van der Waals surface area contributed by atoms with E-state index >= 15 is 0 Å². The third kappa shape index (κ3) is 4.84. The van der Waals surface area contributed by atoms with Gasteiger partial charge in [0.05, 0.1) is 12.0 Å². The van der Waals surface area contributed by atoms with Crippen LogP contribution in [0.15, 0.2) is 12.2 Å². The van der Waals surface area contributed by atoms with Crippen molar-refractivity contribution >= 4 is 0 Å². The first-order valence-corrected chi connectivity index (χ1v) is 6.32. The molecule has 0 spiro atoms. The van der Waals surface area contributed by atoms with Gasteiger partial charge in [0.1, 0.15) is 0 Å². The molecule has 0 aliphatic rings. The molecule has 0 saturated carbocycles. The van der Waals surface area contributed by atoms with Crippen molar-refractivity contribution in [3.05, 3.63) is 12.2 Å². The van der Waals surface area contributed by atoms with E-state index in [9.17, 15) is 5.26 Å². The summed E-state index contributed by atoms with van der Waals surface area (Å²) in [7, 11) is 0. The summed E-state index contributed by atoms with van der Waals surface area (Å²) >= 11 is 0. The van der Waals surface area contributed by atoms with Crippen LogP contribution in [0.4, 0.5) is 0 Å². The maximum atomic E-state index is 9.25. The van der Waals surface area contributed by atoms with Crippen LogP contribution < -0.4 is 0 Å². The molecular weight excluding hydrogens is 194 g/mol. The molecule has 0 aliphatic heterocycles. The Morgan fingerprint density at radius 3 is 2.19 bits per heavy atom. The van der Waals surface area contributed by atoms with Crippen molar-refractivity contribution in [3.63, 3.8) is 0 Å². The quantitative estimate of drug-likeness (QED) is 0.582. The van der Waals surface area contributed by atoms with Crippen LogP contribution in [-0.4, -0.2) is 0 Å². The molecule has 0 fully saturated rings. The second-order valence-corrected chi connectivity index (χ2v) is 6.05. The van der Waals surface area contributed by atoms with Gasteiger partial charge < -0.3 is 0 Å². The summed E-state index contributed by atoms with van der Waals surface area (Å²) in [6.45, 7) is 13.1. The van der Waals surface area contributed by atoms with Crippen molar-refractivity contribution in [2.45, 2.75) is 60.8 Å². The summed E-state index contributed by atoms with van der Waals surface area (Å²) in [6.07, 6.45) is 7.48. The van der Waals surface area contributed by atoms with Gasteiger partial charge in [0.15, 0.2) is 0 Å². The average molecular weight is 221 g/mol. The third-order valence-corrected chi connectivity index (χ3v) is 3.71. The molecule has 0 rings (SSSR count). The highest BCUT2D eigenvalue weighted by molar-refractivity contribution is 4.97. The van der Waals surface area contributed by atoms with Crippen molar-refractivity contribution < 1.29 is 0 Å². The van der Waals surface area contributed by atoms with Crippen molar-refractivity contribution in [2.24, 2.45) is 16.7 Å². The second-order valence-electron chi connectivity index (χ2n) is 6.05. The fourth-order valence-electron chi connectivity index (χ4n) is 1.93. The number of nitrogens with zero attached hydrogens (tertiary/aromatic N) is 1. The molecule has 0 saturated heterocycles. The molecule has 0 heterocycles. The third-order valence-electron chi connectivity index (χ3n) is 3.71. The monoisotopic (exact) mass is 221 g/mol. The lowest BCUT2D eigenvalue weighted by Crippen LogP contribution is -2.23. The SMILES string of the molecule is CC=CC(C)(C)CCC(C#N)C(C)(C)CC. The van der Waals surface area contributed by atoms with Gasteiger partial charge in [-0.05, 0) is 37.0 Å². The zero-order valence-corrected chi connectivity index (χ0v) is 11.8. The van der Waals surface area contributed by atoms with Gasteiger partial charge in [-0.25, -0.2) is 0 Å². The minimum atomic E-state index is 0.140. The molecular formula is C15H27N. The standard InChI is InChI=1S/C15H27N/c1-7-10-14(3,4)11-9-13(12-16)15(5,6)8-2/h7,10,13H,8-9,11H2,1-6H3. The number of allylic oxidation sites excluding steroid dienone is 2. The lowest BCUT2D eigenvalue weighted by atomic mass is 9.73. The summed E-state index contributed by atoms with van der Waals surface area (Å²) in [5, 5.41) is 9.25. The predicted molar refractivity (Wildman–Crippen MR) is 71.0 cm³/mol. The van der Waals surface area contributed by atoms with Gasteiger partial charge in [-0.15, -0.1) is 0 Å². The van der Waals surface area contributed by atoms with Crippen molar-refractivity contribution in [1.82, 2.24) is 0 Å². The van der Waals surface area contributed by atoms with E-state index in [1.807, 2.05) is 0 Å². The largest absolute Gasteiger partial charge is 0.198 e. The Morgan fingerprint density at radius 1 is 1.25 bits per heavy atom. The summed E-state index contributed by atoms with van der Waals surface area (Å²) in [6, 6.07) is 2.48. The van der Waals surface area contributed by atoms with Gasteiger partial charge >= 0.3 is 0 Å². The molecule has 1 atom stereocenters. The number of hydrogen-bond acceptors (Lipinski definition) is 1. The number of nitriles is 1. The first kappa shape index (κ1) is 15.2. The van der Waals surface area contributed by atoms with Crippen LogP contribution in [0.2, 0.25) is 0 Å². The minimum Gasteiger partial charge on any atom is -0.198 e. The fourth-order valence-corrected chi connectivity index (χ4v) is 1.93. The molecule has 0 aromatic carbocycles. The van der Waals surface area contributed by atoms with Crippen LogP contribution in [0.5, 0.6) is 0 Å². The van der Waals surface area contributed by atoms with Crippen LogP contribution in [0.1, 0.15) is 60.8 Å². The van der Waals surface area contributed by atoms with Crippen molar-refractivity contribution in [1.29, 1.82) is 5.26 Å². The fraction of sp³-hybridized carbons (Fsp3) is 0.800. The minimum absolute atomic E-state index is 0.140. The normalized spacial score (nSPS) is 15.1. The van der Waals surface area contributed by atoms with Gasteiger partial charge in [0, 0.05) is 0 Å². The first-order valence-electron chi connectivity index (χ1n) is 6.32. The van der Waals surface area contributed by atoms with E-state index in [0.29, 0.717) is 0 Å². The van der Waals surface area contributed by atoms with E-state index < -0.39 is 0 Å². The summed E-state index contributed by atoms with van der Waals surface area (Å²) < 4.78 is 0. The van der Waals surface area contributed by atoms with Crippen LogP contribution in [0.25, 0.3) is 0 Å². The van der Waals surface area contributed by atoms with Crippen molar-refractivity contribution in [3.8, 4) is 6.07 Å². The highest BCUT2D eigenvalue weighted by Crippen LogP contribution is 2.36. The molecule has 0 aromatic heterocycles. The van der Waals surface area contributed by atoms with Crippen LogP contribution >= 0.6 is 0 Å². The lowest BCUT2D eigenvalue weighted by molar-refractivity contribution is 0.222. The van der Waals surface area contributed by atoms with Gasteiger partial charge in [0.25, 0.3) is 0 Å². The molecule has 0 aliphatic carbocycles. The van der Waals surface area contributed by atoms with E-state index in [0.717, 1.165) is 19.3 Å².